The second-order valence-corrected chi connectivity index (χ2v) is 4.90. The molecule has 1 heterocycles. The Morgan fingerprint density at radius 3 is 2.57 bits per heavy atom. The van der Waals surface area contributed by atoms with Gasteiger partial charge in [-0.25, -0.2) is 4.79 Å². The smallest absolute Gasteiger partial charge is 0.352 e. The lowest BCUT2D eigenvalue weighted by atomic mass is 10.0. The molecule has 1 aromatic carbocycles. The number of ether oxygens (including phenoxy) is 2. The Labute approximate surface area is 132 Å². The van der Waals surface area contributed by atoms with Crippen molar-refractivity contribution in [1.82, 2.24) is 4.73 Å². The molecular weight excluding hydrogens is 302 g/mol. The predicted molar refractivity (Wildman–Crippen MR) is 81.3 cm³/mol. The van der Waals surface area contributed by atoms with Crippen molar-refractivity contribution in [3.05, 3.63) is 45.7 Å². The predicted octanol–water partition coefficient (Wildman–Crippen LogP) is 1.71. The maximum Gasteiger partial charge on any atom is 0.352 e. The van der Waals surface area contributed by atoms with Gasteiger partial charge in [0.15, 0.2) is 5.43 Å². The highest BCUT2D eigenvalue weighted by Gasteiger charge is 2.31. The number of para-hydroxylation sites is 1. The molecule has 0 saturated carbocycles. The zero-order chi connectivity index (χ0) is 17.1. The molecule has 1 N–H and O–H groups in total. The van der Waals surface area contributed by atoms with Crippen LogP contribution in [-0.2, 0) is 19.1 Å². The van der Waals surface area contributed by atoms with Gasteiger partial charge in [-0.05, 0) is 26.0 Å². The third-order valence-corrected chi connectivity index (χ3v) is 3.38. The van der Waals surface area contributed by atoms with Crippen LogP contribution < -0.4 is 5.43 Å². The van der Waals surface area contributed by atoms with Gasteiger partial charge < -0.3 is 14.7 Å². The van der Waals surface area contributed by atoms with Crippen molar-refractivity contribution in [2.24, 2.45) is 0 Å². The second kappa shape index (κ2) is 6.51. The van der Waals surface area contributed by atoms with Crippen LogP contribution in [-0.4, -0.2) is 28.5 Å². The quantitative estimate of drug-likeness (QED) is 0.681. The fraction of sp³-hybridized carbons (Fsp3) is 0.312. The zero-order valence-electron chi connectivity index (χ0n) is 13.0. The summed E-state index contributed by atoms with van der Waals surface area (Å²) < 4.78 is 10.6. The number of fused-ring (bicyclic) bond motifs is 1. The molecule has 2 aromatic rings. The van der Waals surface area contributed by atoms with E-state index in [1.807, 2.05) is 0 Å². The first kappa shape index (κ1) is 16.5. The van der Waals surface area contributed by atoms with Crippen LogP contribution in [0.1, 0.15) is 31.2 Å². The minimum atomic E-state index is -1.53. The highest BCUT2D eigenvalue weighted by molar-refractivity contribution is 5.84. The topological polar surface area (TPSA) is 94.8 Å². The molecule has 23 heavy (non-hydrogen) atoms. The van der Waals surface area contributed by atoms with Crippen LogP contribution in [0.5, 0.6) is 0 Å². The highest BCUT2D eigenvalue weighted by atomic mass is 16.6. The number of rotatable bonds is 4. The van der Waals surface area contributed by atoms with Gasteiger partial charge in [0, 0.05) is 12.3 Å². The Balaban J connectivity index is 2.74. The molecule has 0 fully saturated rings. The Kier molecular flexibility index (Phi) is 4.68. The average Bonchev–Trinajstić information content (AvgIpc) is 2.52. The summed E-state index contributed by atoms with van der Waals surface area (Å²) in [6, 6.07) is 6.39. The molecule has 0 aliphatic heterocycles. The lowest BCUT2D eigenvalue weighted by Crippen LogP contribution is -2.29. The first-order chi connectivity index (χ1) is 10.9. The maximum atomic E-state index is 12.7. The van der Waals surface area contributed by atoms with Crippen molar-refractivity contribution < 1.29 is 24.3 Å². The summed E-state index contributed by atoms with van der Waals surface area (Å²) in [5.74, 6) is -1.60. The molecule has 0 bridgehead atoms. The summed E-state index contributed by atoms with van der Waals surface area (Å²) in [4.78, 5) is 36.1. The molecule has 0 saturated heterocycles. The van der Waals surface area contributed by atoms with Gasteiger partial charge in [-0.15, -0.1) is 0 Å². The molecule has 1 unspecified atom stereocenters. The van der Waals surface area contributed by atoms with Gasteiger partial charge in [-0.3, -0.25) is 9.59 Å². The average molecular weight is 319 g/mol. The van der Waals surface area contributed by atoms with Crippen LogP contribution in [0.4, 0.5) is 0 Å². The van der Waals surface area contributed by atoms with Crippen LogP contribution in [0.15, 0.2) is 29.1 Å². The molecule has 0 radical (unpaired) electrons. The van der Waals surface area contributed by atoms with Gasteiger partial charge in [0.25, 0.3) is 0 Å². The van der Waals surface area contributed by atoms with E-state index in [9.17, 15) is 19.6 Å². The second-order valence-electron chi connectivity index (χ2n) is 4.90. The molecule has 7 nitrogen and oxygen atoms in total. The zero-order valence-corrected chi connectivity index (χ0v) is 13.0. The molecule has 7 heteroatoms. The van der Waals surface area contributed by atoms with Gasteiger partial charge in [-0.2, -0.15) is 4.73 Å². The number of hydrogen-bond acceptors (Lipinski definition) is 6. The minimum absolute atomic E-state index is 0.0660. The number of hydrogen-bond donors (Lipinski definition) is 1. The van der Waals surface area contributed by atoms with E-state index in [1.165, 1.54) is 13.0 Å². The van der Waals surface area contributed by atoms with E-state index in [0.29, 0.717) is 5.52 Å². The van der Waals surface area contributed by atoms with E-state index in [4.69, 9.17) is 9.47 Å². The molecular formula is C16H17NO6. The van der Waals surface area contributed by atoms with E-state index < -0.39 is 23.5 Å². The number of carbonyl (C=O) groups excluding carboxylic acids is 2. The van der Waals surface area contributed by atoms with E-state index in [-0.39, 0.29) is 23.3 Å². The summed E-state index contributed by atoms with van der Waals surface area (Å²) in [7, 11) is 0. The lowest BCUT2D eigenvalue weighted by molar-refractivity contribution is -0.167. The van der Waals surface area contributed by atoms with Gasteiger partial charge >= 0.3 is 11.9 Å². The summed E-state index contributed by atoms with van der Waals surface area (Å²) in [5, 5.41) is 10.4. The number of esters is 2. The summed E-state index contributed by atoms with van der Waals surface area (Å²) in [6.07, 6.45) is -1.53. The Bertz CT molecular complexity index is 823. The third kappa shape index (κ3) is 3.03. The number of carbonyl (C=O) groups is 2. The number of nitrogens with zero attached hydrogens (tertiary/aromatic N) is 1. The molecule has 0 aliphatic rings. The summed E-state index contributed by atoms with van der Waals surface area (Å²) in [6.45, 7) is 4.25. The summed E-state index contributed by atoms with van der Waals surface area (Å²) in [5.41, 5.74) is -0.222. The third-order valence-electron chi connectivity index (χ3n) is 3.38. The number of pyridine rings is 1. The van der Waals surface area contributed by atoms with Crippen LogP contribution in [0, 0.1) is 6.92 Å². The first-order valence-corrected chi connectivity index (χ1v) is 7.05. The monoisotopic (exact) mass is 319 g/mol. The van der Waals surface area contributed by atoms with Gasteiger partial charge in [0.2, 0.25) is 6.10 Å². The van der Waals surface area contributed by atoms with Crippen molar-refractivity contribution in [2.75, 3.05) is 6.61 Å². The fourth-order valence-electron chi connectivity index (χ4n) is 2.37. The standard InChI is InChI=1S/C16H17NO6/c1-4-22-16(20)15(23-10(3)18)13-9(2)17(21)12-8-6-5-7-11(12)14(13)19/h5-8,15,21H,4H2,1-3H3. The van der Waals surface area contributed by atoms with E-state index in [0.717, 1.165) is 11.7 Å². The van der Waals surface area contributed by atoms with Gasteiger partial charge in [0.05, 0.1) is 23.4 Å². The molecule has 0 amide bonds. The Morgan fingerprint density at radius 1 is 1.30 bits per heavy atom. The van der Waals surface area contributed by atoms with Crippen LogP contribution in [0.2, 0.25) is 0 Å². The largest absolute Gasteiger partial charge is 0.463 e. The number of benzene rings is 1. The fourth-order valence-corrected chi connectivity index (χ4v) is 2.37. The van der Waals surface area contributed by atoms with E-state index >= 15 is 0 Å². The van der Waals surface area contributed by atoms with Crippen molar-refractivity contribution in [3.63, 3.8) is 0 Å². The van der Waals surface area contributed by atoms with E-state index in [2.05, 4.69) is 0 Å². The summed E-state index contributed by atoms with van der Waals surface area (Å²) >= 11 is 0. The minimum Gasteiger partial charge on any atom is -0.463 e. The molecule has 0 spiro atoms. The molecule has 1 aromatic heterocycles. The Hall–Kier alpha value is -2.83. The molecule has 2 rings (SSSR count). The van der Waals surface area contributed by atoms with Crippen molar-refractivity contribution >= 4 is 22.8 Å². The highest BCUT2D eigenvalue weighted by Crippen LogP contribution is 2.23. The van der Waals surface area contributed by atoms with Gasteiger partial charge in [0.1, 0.15) is 0 Å². The molecule has 1 atom stereocenters. The van der Waals surface area contributed by atoms with Crippen LogP contribution in [0.25, 0.3) is 10.9 Å². The number of aromatic nitrogens is 1. The normalized spacial score (nSPS) is 12.0. The molecule has 0 aliphatic carbocycles. The van der Waals surface area contributed by atoms with Crippen molar-refractivity contribution in [2.45, 2.75) is 26.9 Å². The lowest BCUT2D eigenvalue weighted by Gasteiger charge is -2.19. The SMILES string of the molecule is CCOC(=O)C(OC(C)=O)c1c(C)n(O)c2ccccc2c1=O. The Morgan fingerprint density at radius 2 is 1.96 bits per heavy atom. The van der Waals surface area contributed by atoms with Crippen LogP contribution >= 0.6 is 0 Å². The first-order valence-electron chi connectivity index (χ1n) is 7.05. The van der Waals surface area contributed by atoms with E-state index in [1.54, 1.807) is 25.1 Å². The molecule has 122 valence electrons. The maximum absolute atomic E-state index is 12.7. The van der Waals surface area contributed by atoms with Crippen molar-refractivity contribution in [1.29, 1.82) is 0 Å². The van der Waals surface area contributed by atoms with Gasteiger partial charge in [-0.1, -0.05) is 12.1 Å². The van der Waals surface area contributed by atoms with Crippen molar-refractivity contribution in [3.8, 4) is 0 Å². The van der Waals surface area contributed by atoms with Crippen LogP contribution in [0.3, 0.4) is 0 Å².